The number of ketones is 1. The normalized spacial score (nSPS) is 49.8. The Morgan fingerprint density at radius 2 is 2.20 bits per heavy atom. The lowest BCUT2D eigenvalue weighted by Gasteiger charge is -2.47. The quantitative estimate of drug-likeness (QED) is 0.628. The van der Waals surface area contributed by atoms with E-state index in [-0.39, 0.29) is 11.7 Å². The molecule has 112 valence electrons. The molecule has 0 aromatic carbocycles. The van der Waals surface area contributed by atoms with Gasteiger partial charge in [0.25, 0.3) is 0 Å². The topological polar surface area (TPSA) is 90.3 Å². The standard InChI is InChI=1S/C15H22O5/c1-8-10(17)5-4-9-6-11(18)15(13(2,19)7-16)12(20-15)14(8,9)3/h6,8,10,12,16-17,19H,4-5,7H2,1-3H3/t8-,10+,12+,13-,14+,15-/m0/s1. The van der Waals surface area contributed by atoms with Crippen LogP contribution < -0.4 is 0 Å². The molecule has 5 heteroatoms. The fourth-order valence-electron chi connectivity index (χ4n) is 4.09. The average Bonchev–Trinajstić information content (AvgIpc) is 3.17. The van der Waals surface area contributed by atoms with E-state index in [1.54, 1.807) is 6.08 Å². The van der Waals surface area contributed by atoms with Crippen molar-refractivity contribution in [2.75, 3.05) is 6.61 Å². The molecule has 0 spiro atoms. The van der Waals surface area contributed by atoms with E-state index in [9.17, 15) is 20.1 Å². The molecule has 0 bridgehead atoms. The van der Waals surface area contributed by atoms with Crippen LogP contribution in [0.5, 0.6) is 0 Å². The minimum absolute atomic E-state index is 0.0584. The molecule has 0 unspecified atom stereocenters. The SMILES string of the molecule is C[C@H]1[C@H](O)CCC2=CC(=O)[C@]3([C@@](C)(O)CO)O[C@@H]3[C@@]21C. The molecule has 0 aromatic heterocycles. The zero-order valence-electron chi connectivity index (χ0n) is 12.1. The lowest BCUT2D eigenvalue weighted by Crippen LogP contribution is -2.58. The van der Waals surface area contributed by atoms with E-state index in [1.165, 1.54) is 6.92 Å². The zero-order valence-corrected chi connectivity index (χ0v) is 12.1. The van der Waals surface area contributed by atoms with Crippen LogP contribution in [0.1, 0.15) is 33.6 Å². The smallest absolute Gasteiger partial charge is 0.193 e. The van der Waals surface area contributed by atoms with Gasteiger partial charge in [-0.1, -0.05) is 19.4 Å². The Morgan fingerprint density at radius 3 is 2.80 bits per heavy atom. The summed E-state index contributed by atoms with van der Waals surface area (Å²) < 4.78 is 5.70. The van der Waals surface area contributed by atoms with Crippen LogP contribution >= 0.6 is 0 Å². The van der Waals surface area contributed by atoms with Crippen LogP contribution in [-0.4, -0.2) is 51.1 Å². The summed E-state index contributed by atoms with van der Waals surface area (Å²) in [7, 11) is 0. The first-order chi connectivity index (χ1) is 9.21. The summed E-state index contributed by atoms with van der Waals surface area (Å²) in [4.78, 5) is 12.4. The van der Waals surface area contributed by atoms with Gasteiger partial charge in [0.15, 0.2) is 11.4 Å². The van der Waals surface area contributed by atoms with E-state index in [0.717, 1.165) is 5.57 Å². The molecule has 0 radical (unpaired) electrons. The Hall–Kier alpha value is -0.750. The van der Waals surface area contributed by atoms with Gasteiger partial charge in [-0.25, -0.2) is 0 Å². The molecule has 2 aliphatic carbocycles. The van der Waals surface area contributed by atoms with Crippen molar-refractivity contribution >= 4 is 5.78 Å². The van der Waals surface area contributed by atoms with Crippen LogP contribution in [0.2, 0.25) is 0 Å². The third-order valence-corrected chi connectivity index (χ3v) is 5.86. The van der Waals surface area contributed by atoms with Gasteiger partial charge in [-0.15, -0.1) is 0 Å². The van der Waals surface area contributed by atoms with Crippen LogP contribution in [0.15, 0.2) is 11.6 Å². The summed E-state index contributed by atoms with van der Waals surface area (Å²) in [5.41, 5.74) is -2.44. The number of rotatable bonds is 2. The maximum Gasteiger partial charge on any atom is 0.193 e. The molecule has 6 atom stereocenters. The van der Waals surface area contributed by atoms with Crippen LogP contribution in [0.3, 0.4) is 0 Å². The van der Waals surface area contributed by atoms with E-state index >= 15 is 0 Å². The highest BCUT2D eigenvalue weighted by molar-refractivity contribution is 6.03. The maximum absolute atomic E-state index is 12.4. The number of carbonyl (C=O) groups is 1. The third-order valence-electron chi connectivity index (χ3n) is 5.86. The van der Waals surface area contributed by atoms with E-state index < -0.39 is 35.4 Å². The number of aliphatic hydroxyl groups excluding tert-OH is 2. The summed E-state index contributed by atoms with van der Waals surface area (Å²) in [5.74, 6) is -0.324. The molecule has 20 heavy (non-hydrogen) atoms. The van der Waals surface area contributed by atoms with Crippen LogP contribution in [0.25, 0.3) is 0 Å². The minimum Gasteiger partial charge on any atom is -0.393 e. The van der Waals surface area contributed by atoms with Crippen molar-refractivity contribution in [3.63, 3.8) is 0 Å². The van der Waals surface area contributed by atoms with Crippen molar-refractivity contribution in [3.8, 4) is 0 Å². The highest BCUT2D eigenvalue weighted by Gasteiger charge is 2.79. The Labute approximate surface area is 118 Å². The first-order valence-corrected chi connectivity index (χ1v) is 7.16. The Kier molecular flexibility index (Phi) is 2.78. The summed E-state index contributed by atoms with van der Waals surface area (Å²) >= 11 is 0. The molecular formula is C15H22O5. The summed E-state index contributed by atoms with van der Waals surface area (Å²) in [6, 6.07) is 0. The number of fused-ring (bicyclic) bond motifs is 3. The number of hydrogen-bond acceptors (Lipinski definition) is 5. The lowest BCUT2D eigenvalue weighted by atomic mass is 9.56. The molecule has 1 saturated carbocycles. The Morgan fingerprint density at radius 1 is 1.55 bits per heavy atom. The predicted octanol–water partition coefficient (Wildman–Crippen LogP) is 0.174. The van der Waals surface area contributed by atoms with Crippen LogP contribution in [0.4, 0.5) is 0 Å². The third kappa shape index (κ3) is 1.39. The highest BCUT2D eigenvalue weighted by atomic mass is 16.6. The first kappa shape index (κ1) is 14.2. The second-order valence-corrected chi connectivity index (χ2v) is 6.88. The van der Waals surface area contributed by atoms with Crippen molar-refractivity contribution in [2.45, 2.75) is 57.0 Å². The summed E-state index contributed by atoms with van der Waals surface area (Å²) in [5, 5.41) is 29.9. The van der Waals surface area contributed by atoms with Crippen molar-refractivity contribution in [1.82, 2.24) is 0 Å². The summed E-state index contributed by atoms with van der Waals surface area (Å²) in [6.07, 6.45) is 1.97. The van der Waals surface area contributed by atoms with Gasteiger partial charge in [0, 0.05) is 5.41 Å². The van der Waals surface area contributed by atoms with E-state index in [0.29, 0.717) is 12.8 Å². The van der Waals surface area contributed by atoms with E-state index in [4.69, 9.17) is 4.74 Å². The van der Waals surface area contributed by atoms with Gasteiger partial charge in [0.1, 0.15) is 11.7 Å². The predicted molar refractivity (Wildman–Crippen MR) is 70.9 cm³/mol. The second-order valence-electron chi connectivity index (χ2n) is 6.88. The van der Waals surface area contributed by atoms with Gasteiger partial charge < -0.3 is 20.1 Å². The first-order valence-electron chi connectivity index (χ1n) is 7.16. The van der Waals surface area contributed by atoms with Gasteiger partial charge in [0.2, 0.25) is 0 Å². The lowest BCUT2D eigenvalue weighted by molar-refractivity contribution is -0.134. The molecule has 0 amide bonds. The van der Waals surface area contributed by atoms with Crippen molar-refractivity contribution in [3.05, 3.63) is 11.6 Å². The van der Waals surface area contributed by atoms with Crippen LogP contribution in [0, 0.1) is 11.3 Å². The number of aliphatic hydroxyl groups is 3. The molecule has 2 fully saturated rings. The van der Waals surface area contributed by atoms with Gasteiger partial charge in [-0.05, 0) is 31.8 Å². The fraction of sp³-hybridized carbons (Fsp3) is 0.800. The fourth-order valence-corrected chi connectivity index (χ4v) is 4.09. The molecule has 3 N–H and O–H groups in total. The van der Waals surface area contributed by atoms with Gasteiger partial charge >= 0.3 is 0 Å². The van der Waals surface area contributed by atoms with Crippen molar-refractivity contribution in [2.24, 2.45) is 11.3 Å². The van der Waals surface area contributed by atoms with E-state index in [1.807, 2.05) is 13.8 Å². The number of carbonyl (C=O) groups excluding carboxylic acids is 1. The number of ether oxygens (including phenoxy) is 1. The zero-order chi connectivity index (χ0) is 14.9. The maximum atomic E-state index is 12.4. The van der Waals surface area contributed by atoms with Crippen LogP contribution in [-0.2, 0) is 9.53 Å². The Balaban J connectivity index is 2.09. The van der Waals surface area contributed by atoms with Gasteiger partial charge in [-0.3, -0.25) is 4.79 Å². The highest BCUT2D eigenvalue weighted by Crippen LogP contribution is 2.64. The van der Waals surface area contributed by atoms with Crippen molar-refractivity contribution in [1.29, 1.82) is 0 Å². The number of hydrogen-bond donors (Lipinski definition) is 3. The monoisotopic (exact) mass is 282 g/mol. The minimum atomic E-state index is -1.61. The Bertz CT molecular complexity index is 496. The second kappa shape index (κ2) is 3.91. The van der Waals surface area contributed by atoms with Crippen molar-refractivity contribution < 1.29 is 24.9 Å². The average molecular weight is 282 g/mol. The number of epoxide rings is 1. The van der Waals surface area contributed by atoms with Gasteiger partial charge in [0.05, 0.1) is 12.7 Å². The molecule has 0 aromatic rings. The summed E-state index contributed by atoms with van der Waals surface area (Å²) in [6.45, 7) is 4.83. The molecule has 1 heterocycles. The molecule has 5 nitrogen and oxygen atoms in total. The molecular weight excluding hydrogens is 260 g/mol. The largest absolute Gasteiger partial charge is 0.393 e. The molecule has 3 rings (SSSR count). The van der Waals surface area contributed by atoms with Gasteiger partial charge in [-0.2, -0.15) is 0 Å². The van der Waals surface area contributed by atoms with E-state index in [2.05, 4.69) is 0 Å². The molecule has 3 aliphatic rings. The molecule has 1 saturated heterocycles. The molecule has 1 aliphatic heterocycles.